The number of hydrogen-bond donors (Lipinski definition) is 1. The zero-order valence-corrected chi connectivity index (χ0v) is 16.8. The highest BCUT2D eigenvalue weighted by Gasteiger charge is 2.59. The highest BCUT2D eigenvalue weighted by atomic mass is 16.5. The monoisotopic (exact) mass is 416 g/mol. The molecule has 2 bridgehead atoms. The third-order valence-electron chi connectivity index (χ3n) is 6.84. The highest BCUT2D eigenvalue weighted by molar-refractivity contribution is 6.11. The summed E-state index contributed by atoms with van der Waals surface area (Å²) in [5.41, 5.74) is 1.79. The summed E-state index contributed by atoms with van der Waals surface area (Å²) >= 11 is 0. The van der Waals surface area contributed by atoms with Gasteiger partial charge in [0.2, 0.25) is 17.7 Å². The van der Waals surface area contributed by atoms with Gasteiger partial charge in [-0.3, -0.25) is 19.3 Å². The lowest BCUT2D eigenvalue weighted by molar-refractivity contribution is -0.143. The minimum Gasteiger partial charge on any atom is -0.495 e. The van der Waals surface area contributed by atoms with E-state index in [4.69, 9.17) is 9.15 Å². The Bertz CT molecular complexity index is 1280. The van der Waals surface area contributed by atoms with Crippen LogP contribution in [0.4, 0.5) is 5.69 Å². The minimum absolute atomic E-state index is 0.120. The second-order valence-electron chi connectivity index (χ2n) is 8.46. The molecular weight excluding hydrogens is 396 g/mol. The van der Waals surface area contributed by atoms with Gasteiger partial charge in [-0.1, -0.05) is 30.4 Å². The van der Waals surface area contributed by atoms with E-state index in [1.165, 1.54) is 7.11 Å². The number of nitrogens with zero attached hydrogens (tertiary/aromatic N) is 1. The molecule has 7 heteroatoms. The smallest absolute Gasteiger partial charge is 0.244 e. The Morgan fingerprint density at radius 1 is 1.06 bits per heavy atom. The Labute approximate surface area is 177 Å². The van der Waals surface area contributed by atoms with Crippen molar-refractivity contribution in [2.75, 3.05) is 19.0 Å². The number of anilines is 1. The van der Waals surface area contributed by atoms with Crippen LogP contribution in [0.25, 0.3) is 21.9 Å². The number of benzene rings is 2. The second kappa shape index (κ2) is 6.44. The SMILES string of the molecule is COc1cc2c(cc1NC(=O)CN1C(=O)[C@H]3[C@H](C1=O)[C@H]1C=C[C@H]3C1)oc1ccccc12. The molecule has 2 aromatic carbocycles. The predicted molar refractivity (Wildman–Crippen MR) is 113 cm³/mol. The number of hydrogen-bond acceptors (Lipinski definition) is 5. The Morgan fingerprint density at radius 3 is 2.48 bits per heavy atom. The first-order valence-electron chi connectivity index (χ1n) is 10.4. The van der Waals surface area contributed by atoms with Crippen LogP contribution in [0, 0.1) is 23.7 Å². The van der Waals surface area contributed by atoms with Crippen LogP contribution in [0.3, 0.4) is 0 Å². The van der Waals surface area contributed by atoms with E-state index in [9.17, 15) is 14.4 Å². The summed E-state index contributed by atoms with van der Waals surface area (Å²) in [5.74, 6) is -0.816. The fraction of sp³-hybridized carbons (Fsp3) is 0.292. The summed E-state index contributed by atoms with van der Waals surface area (Å²) in [6.07, 6.45) is 4.93. The third-order valence-corrected chi connectivity index (χ3v) is 6.84. The lowest BCUT2D eigenvalue weighted by Crippen LogP contribution is -2.39. The van der Waals surface area contributed by atoms with Crippen molar-refractivity contribution in [1.82, 2.24) is 4.90 Å². The molecule has 1 aliphatic heterocycles. The Kier molecular flexibility index (Phi) is 3.78. The number of nitrogens with one attached hydrogen (secondary N) is 1. The molecule has 3 amide bonds. The number of carbonyl (C=O) groups is 3. The van der Waals surface area contributed by atoms with Crippen LogP contribution in [-0.4, -0.2) is 36.3 Å². The molecule has 0 radical (unpaired) electrons. The molecule has 1 saturated carbocycles. The molecule has 2 aliphatic carbocycles. The number of furan rings is 1. The number of likely N-dealkylation sites (tertiary alicyclic amines) is 1. The zero-order valence-electron chi connectivity index (χ0n) is 16.8. The zero-order chi connectivity index (χ0) is 21.3. The maximum atomic E-state index is 12.8. The van der Waals surface area contributed by atoms with E-state index in [0.29, 0.717) is 17.0 Å². The maximum Gasteiger partial charge on any atom is 0.244 e. The van der Waals surface area contributed by atoms with Crippen molar-refractivity contribution in [1.29, 1.82) is 0 Å². The summed E-state index contributed by atoms with van der Waals surface area (Å²) in [7, 11) is 1.52. The van der Waals surface area contributed by atoms with Gasteiger partial charge < -0.3 is 14.5 Å². The molecule has 1 aromatic heterocycles. The molecule has 2 fully saturated rings. The van der Waals surface area contributed by atoms with Crippen LogP contribution in [0.1, 0.15) is 6.42 Å². The molecule has 3 aromatic rings. The largest absolute Gasteiger partial charge is 0.495 e. The predicted octanol–water partition coefficient (Wildman–Crippen LogP) is 3.34. The molecule has 0 spiro atoms. The van der Waals surface area contributed by atoms with Gasteiger partial charge in [0, 0.05) is 16.8 Å². The summed E-state index contributed by atoms with van der Waals surface area (Å²) < 4.78 is 11.4. The van der Waals surface area contributed by atoms with E-state index in [1.54, 1.807) is 6.07 Å². The first kappa shape index (κ1) is 18.2. The van der Waals surface area contributed by atoms with Crippen LogP contribution < -0.4 is 10.1 Å². The summed E-state index contributed by atoms with van der Waals surface area (Å²) in [4.78, 5) is 39.5. The van der Waals surface area contributed by atoms with E-state index < -0.39 is 5.91 Å². The van der Waals surface area contributed by atoms with Gasteiger partial charge in [0.15, 0.2) is 0 Å². The van der Waals surface area contributed by atoms with Gasteiger partial charge in [0.05, 0.1) is 24.6 Å². The highest BCUT2D eigenvalue weighted by Crippen LogP contribution is 2.52. The van der Waals surface area contributed by atoms with Crippen LogP contribution in [0.15, 0.2) is 53.0 Å². The van der Waals surface area contributed by atoms with E-state index in [1.807, 2.05) is 42.5 Å². The van der Waals surface area contributed by atoms with Crippen LogP contribution in [-0.2, 0) is 14.4 Å². The number of fused-ring (bicyclic) bond motifs is 8. The standard InChI is InChI=1S/C24H20N2O5/c1-30-19-9-15-14-4-2-3-5-17(14)31-18(15)10-16(19)25-20(27)11-26-23(28)21-12-6-7-13(8-12)22(21)24(26)29/h2-7,9-10,12-13,21-22H,8,11H2,1H3,(H,25,27)/t12-,13-,21+,22+/m0/s1. The van der Waals surface area contributed by atoms with Crippen LogP contribution in [0.5, 0.6) is 5.75 Å². The number of rotatable bonds is 4. The summed E-state index contributed by atoms with van der Waals surface area (Å²) in [6, 6.07) is 11.2. The average molecular weight is 416 g/mol. The summed E-state index contributed by atoms with van der Waals surface area (Å²) in [6.45, 7) is -0.300. The number of methoxy groups -OCH3 is 1. The van der Waals surface area contributed by atoms with E-state index >= 15 is 0 Å². The average Bonchev–Trinajstić information content (AvgIpc) is 3.52. The van der Waals surface area contributed by atoms with Crippen molar-refractivity contribution in [3.05, 3.63) is 48.6 Å². The van der Waals surface area contributed by atoms with Gasteiger partial charge in [-0.25, -0.2) is 0 Å². The molecule has 2 heterocycles. The number of carbonyl (C=O) groups excluding carboxylic acids is 3. The normalized spacial score (nSPS) is 26.3. The molecule has 1 N–H and O–H groups in total. The number of imide groups is 1. The lowest BCUT2D eigenvalue weighted by Gasteiger charge is -2.17. The third kappa shape index (κ3) is 2.55. The van der Waals surface area contributed by atoms with Gasteiger partial charge in [0.25, 0.3) is 0 Å². The van der Waals surface area contributed by atoms with Crippen molar-refractivity contribution in [2.45, 2.75) is 6.42 Å². The fourth-order valence-corrected chi connectivity index (χ4v) is 5.47. The molecule has 31 heavy (non-hydrogen) atoms. The van der Waals surface area contributed by atoms with Crippen molar-refractivity contribution in [2.24, 2.45) is 23.7 Å². The topological polar surface area (TPSA) is 88.9 Å². The Hall–Kier alpha value is -3.61. The lowest BCUT2D eigenvalue weighted by atomic mass is 9.85. The van der Waals surface area contributed by atoms with Crippen molar-refractivity contribution < 1.29 is 23.5 Å². The number of ether oxygens (including phenoxy) is 1. The Morgan fingerprint density at radius 2 is 1.77 bits per heavy atom. The minimum atomic E-state index is -0.448. The number of amides is 3. The molecule has 3 aliphatic rings. The first-order chi connectivity index (χ1) is 15.0. The van der Waals surface area contributed by atoms with Gasteiger partial charge >= 0.3 is 0 Å². The van der Waals surface area contributed by atoms with Crippen molar-refractivity contribution in [3.8, 4) is 5.75 Å². The van der Waals surface area contributed by atoms with Gasteiger partial charge in [-0.05, 0) is 30.4 Å². The summed E-state index contributed by atoms with van der Waals surface area (Å²) in [5, 5.41) is 4.62. The van der Waals surface area contributed by atoms with Crippen LogP contribution in [0.2, 0.25) is 0 Å². The van der Waals surface area contributed by atoms with E-state index in [0.717, 1.165) is 27.7 Å². The first-order valence-corrected chi connectivity index (χ1v) is 10.4. The van der Waals surface area contributed by atoms with Crippen molar-refractivity contribution in [3.63, 3.8) is 0 Å². The number of para-hydroxylation sites is 1. The van der Waals surface area contributed by atoms with Crippen molar-refractivity contribution >= 4 is 45.3 Å². The molecule has 0 unspecified atom stereocenters. The van der Waals surface area contributed by atoms with Gasteiger partial charge in [-0.2, -0.15) is 0 Å². The van der Waals surface area contributed by atoms with Crippen LogP contribution >= 0.6 is 0 Å². The quantitative estimate of drug-likeness (QED) is 0.521. The molecule has 6 rings (SSSR count). The van der Waals surface area contributed by atoms with E-state index in [-0.39, 0.29) is 42.0 Å². The van der Waals surface area contributed by atoms with Gasteiger partial charge in [0.1, 0.15) is 23.5 Å². The molecule has 1 saturated heterocycles. The second-order valence-corrected chi connectivity index (χ2v) is 8.46. The molecule has 4 atom stereocenters. The van der Waals surface area contributed by atoms with E-state index in [2.05, 4.69) is 5.32 Å². The van der Waals surface area contributed by atoms with Gasteiger partial charge in [-0.15, -0.1) is 0 Å². The molecule has 7 nitrogen and oxygen atoms in total. The maximum absolute atomic E-state index is 12.8. The molecular formula is C24H20N2O5. The Balaban J connectivity index is 1.26. The number of allylic oxidation sites excluding steroid dienone is 2. The fourth-order valence-electron chi connectivity index (χ4n) is 5.47. The molecule has 156 valence electrons.